The van der Waals surface area contributed by atoms with Crippen molar-refractivity contribution in [2.45, 2.75) is 57.0 Å². The lowest BCUT2D eigenvalue weighted by Gasteiger charge is -2.33. The van der Waals surface area contributed by atoms with Crippen LogP contribution in [-0.4, -0.2) is 50.3 Å². The molecule has 0 bridgehead atoms. The van der Waals surface area contributed by atoms with E-state index < -0.39 is 28.5 Å². The fourth-order valence-corrected chi connectivity index (χ4v) is 5.73. The van der Waals surface area contributed by atoms with Gasteiger partial charge in [-0.3, -0.25) is 13.9 Å². The van der Waals surface area contributed by atoms with Gasteiger partial charge in [-0.1, -0.05) is 74.0 Å². The van der Waals surface area contributed by atoms with Crippen molar-refractivity contribution in [1.82, 2.24) is 10.2 Å². The number of hydrogen-bond donors (Lipinski definition) is 1. The molecule has 3 aromatic rings. The molecule has 39 heavy (non-hydrogen) atoms. The van der Waals surface area contributed by atoms with Crippen LogP contribution in [0, 0.1) is 0 Å². The first kappa shape index (κ1) is 30.2. The number of hydrogen-bond acceptors (Lipinski definition) is 4. The standard InChI is InChI=1S/C30H36ClN3O4S/c1-4-23(3)32-30(36)28(5-2)33(21-20-24-12-8-6-9-13-24)29(35)22-34(26-14-10-7-11-15-26)39(37,38)27-18-16-25(31)17-19-27/h6-19,23,28H,4-5,20-22H2,1-3H3,(H,32,36)/t23-,28-/m1/s1. The molecule has 0 saturated heterocycles. The highest BCUT2D eigenvalue weighted by atomic mass is 35.5. The molecule has 0 heterocycles. The van der Waals surface area contributed by atoms with Gasteiger partial charge in [0.2, 0.25) is 11.8 Å². The first-order valence-electron chi connectivity index (χ1n) is 13.1. The Morgan fingerprint density at radius 3 is 2.03 bits per heavy atom. The van der Waals surface area contributed by atoms with Gasteiger partial charge in [0.05, 0.1) is 10.6 Å². The van der Waals surface area contributed by atoms with Crippen molar-refractivity contribution < 1.29 is 18.0 Å². The molecule has 0 radical (unpaired) electrons. The van der Waals surface area contributed by atoms with Gasteiger partial charge in [-0.15, -0.1) is 0 Å². The van der Waals surface area contributed by atoms with E-state index in [1.165, 1.54) is 29.2 Å². The number of carbonyl (C=O) groups excluding carboxylic acids is 2. The maximum absolute atomic E-state index is 14.0. The summed E-state index contributed by atoms with van der Waals surface area (Å²) < 4.78 is 28.6. The molecular formula is C30H36ClN3O4S. The average Bonchev–Trinajstić information content (AvgIpc) is 2.94. The summed E-state index contributed by atoms with van der Waals surface area (Å²) in [7, 11) is -4.12. The van der Waals surface area contributed by atoms with Crippen molar-refractivity contribution in [2.75, 3.05) is 17.4 Å². The second-order valence-electron chi connectivity index (χ2n) is 9.37. The summed E-state index contributed by atoms with van der Waals surface area (Å²) in [4.78, 5) is 28.7. The molecule has 3 rings (SSSR count). The highest BCUT2D eigenvalue weighted by Crippen LogP contribution is 2.25. The molecule has 0 saturated carbocycles. The Kier molecular flexibility index (Phi) is 10.9. The van der Waals surface area contributed by atoms with Crippen molar-refractivity contribution in [3.63, 3.8) is 0 Å². The van der Waals surface area contributed by atoms with Crippen LogP contribution in [0.2, 0.25) is 5.02 Å². The number of rotatable bonds is 13. The van der Waals surface area contributed by atoms with E-state index in [9.17, 15) is 18.0 Å². The molecule has 0 aromatic heterocycles. The molecular weight excluding hydrogens is 534 g/mol. The molecule has 2 amide bonds. The van der Waals surface area contributed by atoms with Crippen LogP contribution in [0.25, 0.3) is 0 Å². The molecule has 208 valence electrons. The van der Waals surface area contributed by atoms with E-state index in [2.05, 4.69) is 5.32 Å². The number of sulfonamides is 1. The summed E-state index contributed by atoms with van der Waals surface area (Å²) in [5.41, 5.74) is 1.36. The number of para-hydroxylation sites is 1. The molecule has 0 fully saturated rings. The molecule has 0 aliphatic carbocycles. The molecule has 2 atom stereocenters. The molecule has 1 N–H and O–H groups in total. The number of nitrogens with one attached hydrogen (secondary N) is 1. The van der Waals surface area contributed by atoms with E-state index in [1.807, 2.05) is 51.1 Å². The summed E-state index contributed by atoms with van der Waals surface area (Å²) in [6.45, 7) is 5.54. The summed E-state index contributed by atoms with van der Waals surface area (Å²) >= 11 is 5.99. The molecule has 0 unspecified atom stereocenters. The monoisotopic (exact) mass is 569 g/mol. The van der Waals surface area contributed by atoms with E-state index in [4.69, 9.17) is 11.6 Å². The van der Waals surface area contributed by atoms with E-state index in [1.54, 1.807) is 30.3 Å². The SMILES string of the molecule is CC[C@@H](C)NC(=O)[C@@H](CC)N(CCc1ccccc1)C(=O)CN(c1ccccc1)S(=O)(=O)c1ccc(Cl)cc1. The van der Waals surface area contributed by atoms with E-state index in [-0.39, 0.29) is 23.4 Å². The lowest BCUT2D eigenvalue weighted by Crippen LogP contribution is -2.54. The molecule has 0 aliphatic heterocycles. The topological polar surface area (TPSA) is 86.8 Å². The maximum Gasteiger partial charge on any atom is 0.264 e. The Labute approximate surface area is 236 Å². The Hall–Kier alpha value is -3.36. The van der Waals surface area contributed by atoms with Crippen LogP contribution in [0.3, 0.4) is 0 Å². The molecule has 0 aliphatic rings. The summed E-state index contributed by atoms with van der Waals surface area (Å²) in [5, 5.41) is 3.39. The molecule has 3 aromatic carbocycles. The molecule has 7 nitrogen and oxygen atoms in total. The minimum atomic E-state index is -4.12. The Morgan fingerprint density at radius 1 is 0.872 bits per heavy atom. The zero-order valence-electron chi connectivity index (χ0n) is 22.6. The van der Waals surface area contributed by atoms with E-state index in [0.29, 0.717) is 23.6 Å². The van der Waals surface area contributed by atoms with Gasteiger partial charge in [0, 0.05) is 17.6 Å². The second kappa shape index (κ2) is 14.1. The van der Waals surface area contributed by atoms with Gasteiger partial charge >= 0.3 is 0 Å². The van der Waals surface area contributed by atoms with Crippen LogP contribution in [0.15, 0.2) is 89.8 Å². The summed E-state index contributed by atoms with van der Waals surface area (Å²) in [6.07, 6.45) is 1.66. The van der Waals surface area contributed by atoms with Crippen molar-refractivity contribution >= 4 is 39.1 Å². The van der Waals surface area contributed by atoms with Gasteiger partial charge < -0.3 is 10.2 Å². The van der Waals surface area contributed by atoms with Gasteiger partial charge in [-0.05, 0) is 68.1 Å². The highest BCUT2D eigenvalue weighted by Gasteiger charge is 2.33. The van der Waals surface area contributed by atoms with Crippen LogP contribution in [0.4, 0.5) is 5.69 Å². The third-order valence-electron chi connectivity index (χ3n) is 6.60. The fraction of sp³-hybridized carbons (Fsp3) is 0.333. The third-order valence-corrected chi connectivity index (χ3v) is 8.64. The van der Waals surface area contributed by atoms with E-state index >= 15 is 0 Å². The smallest absolute Gasteiger partial charge is 0.264 e. The number of carbonyl (C=O) groups is 2. The molecule has 9 heteroatoms. The first-order chi connectivity index (χ1) is 18.7. The first-order valence-corrected chi connectivity index (χ1v) is 15.0. The van der Waals surface area contributed by atoms with Crippen LogP contribution in [0.1, 0.15) is 39.2 Å². The van der Waals surface area contributed by atoms with Crippen LogP contribution in [0.5, 0.6) is 0 Å². The number of benzene rings is 3. The summed E-state index contributed by atoms with van der Waals surface area (Å²) in [6, 6.07) is 23.2. The van der Waals surface area contributed by atoms with Gasteiger partial charge in [-0.2, -0.15) is 0 Å². The lowest BCUT2D eigenvalue weighted by molar-refractivity contribution is -0.139. The zero-order chi connectivity index (χ0) is 28.4. The second-order valence-corrected chi connectivity index (χ2v) is 11.7. The Balaban J connectivity index is 1.98. The van der Waals surface area contributed by atoms with Crippen molar-refractivity contribution in [3.05, 3.63) is 95.5 Å². The lowest BCUT2D eigenvalue weighted by atomic mass is 10.1. The number of anilines is 1. The Bertz CT molecular complexity index is 1320. The number of nitrogens with zero attached hydrogens (tertiary/aromatic N) is 2. The number of amides is 2. The van der Waals surface area contributed by atoms with Gasteiger partial charge in [-0.25, -0.2) is 8.42 Å². The predicted octanol–water partition coefficient (Wildman–Crippen LogP) is 5.30. The van der Waals surface area contributed by atoms with Gasteiger partial charge in [0.25, 0.3) is 10.0 Å². The van der Waals surface area contributed by atoms with E-state index in [0.717, 1.165) is 16.3 Å². The Morgan fingerprint density at radius 2 is 1.46 bits per heavy atom. The maximum atomic E-state index is 14.0. The van der Waals surface area contributed by atoms with Crippen LogP contribution < -0.4 is 9.62 Å². The minimum Gasteiger partial charge on any atom is -0.352 e. The largest absolute Gasteiger partial charge is 0.352 e. The molecule has 0 spiro atoms. The van der Waals surface area contributed by atoms with Crippen molar-refractivity contribution in [1.29, 1.82) is 0 Å². The quantitative estimate of drug-likeness (QED) is 0.303. The van der Waals surface area contributed by atoms with Crippen molar-refractivity contribution in [3.8, 4) is 0 Å². The van der Waals surface area contributed by atoms with Crippen LogP contribution >= 0.6 is 11.6 Å². The third kappa shape index (κ3) is 8.07. The normalized spacial score (nSPS) is 12.8. The highest BCUT2D eigenvalue weighted by molar-refractivity contribution is 7.92. The fourth-order valence-electron chi connectivity index (χ4n) is 4.19. The van der Waals surface area contributed by atoms with Crippen LogP contribution in [-0.2, 0) is 26.0 Å². The number of halogens is 1. The average molecular weight is 570 g/mol. The van der Waals surface area contributed by atoms with Gasteiger partial charge in [0.15, 0.2) is 0 Å². The van der Waals surface area contributed by atoms with Crippen molar-refractivity contribution in [2.24, 2.45) is 0 Å². The minimum absolute atomic E-state index is 0.0148. The predicted molar refractivity (Wildman–Crippen MR) is 156 cm³/mol. The summed E-state index contributed by atoms with van der Waals surface area (Å²) in [5.74, 6) is -0.710. The zero-order valence-corrected chi connectivity index (χ0v) is 24.2. The van der Waals surface area contributed by atoms with Gasteiger partial charge in [0.1, 0.15) is 12.6 Å².